The molecule has 2 heterocycles. The van der Waals surface area contributed by atoms with Crippen molar-refractivity contribution in [3.63, 3.8) is 0 Å². The second-order valence-corrected chi connectivity index (χ2v) is 10.8. The average molecular weight is 561 g/mol. The van der Waals surface area contributed by atoms with Crippen molar-refractivity contribution < 1.29 is 9.53 Å². The minimum atomic E-state index is -0.228. The van der Waals surface area contributed by atoms with Crippen LogP contribution in [-0.2, 0) is 11.3 Å². The summed E-state index contributed by atoms with van der Waals surface area (Å²) in [6.07, 6.45) is 0. The summed E-state index contributed by atoms with van der Waals surface area (Å²) in [5.74, 6) is 0.701. The number of nitrogens with zero attached hydrogens (tertiary/aromatic N) is 3. The lowest BCUT2D eigenvalue weighted by molar-refractivity contribution is -0.118. The van der Waals surface area contributed by atoms with E-state index in [4.69, 9.17) is 21.9 Å². The van der Waals surface area contributed by atoms with Crippen LogP contribution < -0.4 is 15.6 Å². The predicted molar refractivity (Wildman–Crippen MR) is 156 cm³/mol. The van der Waals surface area contributed by atoms with E-state index in [1.807, 2.05) is 91.9 Å². The minimum Gasteiger partial charge on any atom is -0.494 e. The molecule has 0 spiro atoms. The lowest BCUT2D eigenvalue weighted by atomic mass is 10.2. The number of thiazole rings is 1. The molecule has 5 rings (SSSR count). The quantitative estimate of drug-likeness (QED) is 0.140. The Morgan fingerprint density at radius 3 is 2.32 bits per heavy atom. The first-order valence-corrected chi connectivity index (χ1v) is 14.2. The summed E-state index contributed by atoms with van der Waals surface area (Å²) in [5, 5.41) is 3.34. The summed E-state index contributed by atoms with van der Waals surface area (Å²) < 4.78 is 9.86. The molecule has 7 nitrogen and oxygen atoms in total. The lowest BCUT2D eigenvalue weighted by Crippen LogP contribution is -2.26. The van der Waals surface area contributed by atoms with Crippen LogP contribution in [0.5, 0.6) is 5.75 Å². The molecule has 0 bridgehead atoms. The number of nitrogens with one attached hydrogen (secondary N) is 1. The summed E-state index contributed by atoms with van der Waals surface area (Å²) in [4.78, 5) is 31.3. The summed E-state index contributed by atoms with van der Waals surface area (Å²) in [7, 11) is 0. The zero-order chi connectivity index (χ0) is 26.5. The van der Waals surface area contributed by atoms with E-state index in [1.165, 1.54) is 23.1 Å². The van der Waals surface area contributed by atoms with Crippen molar-refractivity contribution >= 4 is 51.6 Å². The summed E-state index contributed by atoms with van der Waals surface area (Å²) >= 11 is 8.10. The van der Waals surface area contributed by atoms with Gasteiger partial charge in [-0.1, -0.05) is 71.6 Å². The maximum absolute atomic E-state index is 13.8. The standard InChI is InChI=1S/C28H24N4O3S3/c1-2-35-22-15-13-21(14-16-22)31-25-24(38-28(31)36)26(34)32(20-11-7-4-8-12-20)27(30-25)37-18-23(33)29-17-19-9-5-3-6-10-19/h3-16H,2,17-18H2,1H3,(H,29,33). The molecular formula is C28H24N4O3S3. The number of thioether (sulfide) groups is 1. The first kappa shape index (κ1) is 25.9. The van der Waals surface area contributed by atoms with Crippen molar-refractivity contribution in [2.75, 3.05) is 12.4 Å². The number of rotatable bonds is 9. The highest BCUT2D eigenvalue weighted by Gasteiger charge is 2.20. The topological polar surface area (TPSA) is 78.1 Å². The molecule has 0 radical (unpaired) electrons. The predicted octanol–water partition coefficient (Wildman–Crippen LogP) is 5.77. The molecule has 1 N–H and O–H groups in total. The third-order valence-corrected chi connectivity index (χ3v) is 7.95. The molecule has 3 aromatic carbocycles. The van der Waals surface area contributed by atoms with Crippen LogP contribution >= 0.6 is 35.3 Å². The van der Waals surface area contributed by atoms with Gasteiger partial charge in [0.15, 0.2) is 14.8 Å². The summed E-state index contributed by atoms with van der Waals surface area (Å²) in [5.41, 5.74) is 2.71. The summed E-state index contributed by atoms with van der Waals surface area (Å²) in [6.45, 7) is 2.93. The third kappa shape index (κ3) is 5.57. The van der Waals surface area contributed by atoms with Crippen LogP contribution in [0.25, 0.3) is 21.7 Å². The van der Waals surface area contributed by atoms with Crippen LogP contribution in [0.1, 0.15) is 12.5 Å². The number of benzene rings is 3. The second-order valence-electron chi connectivity index (χ2n) is 8.20. The number of hydrogen-bond acceptors (Lipinski definition) is 7. The van der Waals surface area contributed by atoms with Crippen molar-refractivity contribution in [2.45, 2.75) is 18.6 Å². The van der Waals surface area contributed by atoms with Crippen molar-refractivity contribution in [2.24, 2.45) is 0 Å². The fourth-order valence-corrected chi connectivity index (χ4v) is 6.04. The van der Waals surface area contributed by atoms with Gasteiger partial charge in [0.05, 0.1) is 18.0 Å². The lowest BCUT2D eigenvalue weighted by Gasteiger charge is -2.13. The van der Waals surface area contributed by atoms with Gasteiger partial charge in [-0.15, -0.1) is 0 Å². The van der Waals surface area contributed by atoms with Gasteiger partial charge < -0.3 is 10.1 Å². The Morgan fingerprint density at radius 1 is 0.974 bits per heavy atom. The minimum absolute atomic E-state index is 0.103. The van der Waals surface area contributed by atoms with Gasteiger partial charge in [0.2, 0.25) is 5.91 Å². The number of ether oxygens (including phenoxy) is 1. The number of hydrogen-bond donors (Lipinski definition) is 1. The highest BCUT2D eigenvalue weighted by Crippen LogP contribution is 2.28. The maximum Gasteiger partial charge on any atom is 0.278 e. The molecule has 0 atom stereocenters. The first-order chi connectivity index (χ1) is 18.5. The highest BCUT2D eigenvalue weighted by molar-refractivity contribution is 7.99. The van der Waals surface area contributed by atoms with Crippen LogP contribution in [0.4, 0.5) is 0 Å². The molecule has 192 valence electrons. The third-order valence-electron chi connectivity index (χ3n) is 5.66. The molecule has 0 saturated heterocycles. The normalized spacial score (nSPS) is 11.0. The Morgan fingerprint density at radius 2 is 1.63 bits per heavy atom. The molecule has 5 aromatic rings. The van der Waals surface area contributed by atoms with E-state index in [2.05, 4.69) is 5.32 Å². The molecule has 10 heteroatoms. The number of fused-ring (bicyclic) bond motifs is 1. The Hall–Kier alpha value is -3.73. The van der Waals surface area contributed by atoms with Gasteiger partial charge >= 0.3 is 0 Å². The number of para-hydroxylation sites is 1. The molecule has 2 aromatic heterocycles. The van der Waals surface area contributed by atoms with Gasteiger partial charge in [-0.05, 0) is 61.1 Å². The van der Waals surface area contributed by atoms with Crippen molar-refractivity contribution in [1.29, 1.82) is 0 Å². The SMILES string of the molecule is CCOc1ccc(-n2c(=S)sc3c(=O)n(-c4ccccc4)c(SCC(=O)NCc4ccccc4)nc32)cc1. The molecule has 0 aliphatic heterocycles. The van der Waals surface area contributed by atoms with Crippen LogP contribution in [0.15, 0.2) is 94.9 Å². The largest absolute Gasteiger partial charge is 0.494 e. The molecule has 0 unspecified atom stereocenters. The smallest absolute Gasteiger partial charge is 0.278 e. The van der Waals surface area contributed by atoms with E-state index in [-0.39, 0.29) is 17.2 Å². The van der Waals surface area contributed by atoms with E-state index >= 15 is 0 Å². The average Bonchev–Trinajstić information content (AvgIpc) is 3.28. The van der Waals surface area contributed by atoms with Crippen molar-refractivity contribution in [3.8, 4) is 17.1 Å². The van der Waals surface area contributed by atoms with Gasteiger partial charge in [-0.25, -0.2) is 4.98 Å². The number of aromatic nitrogens is 3. The van der Waals surface area contributed by atoms with E-state index < -0.39 is 0 Å². The Bertz CT molecular complexity index is 1680. The fraction of sp³-hybridized carbons (Fsp3) is 0.143. The maximum atomic E-state index is 13.8. The molecule has 0 fully saturated rings. The Kier molecular flexibility index (Phi) is 8.02. The van der Waals surface area contributed by atoms with E-state index in [1.54, 1.807) is 9.13 Å². The zero-order valence-corrected chi connectivity index (χ0v) is 22.9. The van der Waals surface area contributed by atoms with Gasteiger partial charge in [0.25, 0.3) is 5.56 Å². The van der Waals surface area contributed by atoms with E-state index in [9.17, 15) is 9.59 Å². The fourth-order valence-electron chi connectivity index (χ4n) is 3.90. The highest BCUT2D eigenvalue weighted by atomic mass is 32.2. The van der Waals surface area contributed by atoms with Crippen molar-refractivity contribution in [3.05, 3.63) is 105 Å². The van der Waals surface area contributed by atoms with E-state index in [0.29, 0.717) is 38.3 Å². The molecule has 1 amide bonds. The molecule has 38 heavy (non-hydrogen) atoms. The molecular weight excluding hydrogens is 537 g/mol. The van der Waals surface area contributed by atoms with Crippen LogP contribution in [0.2, 0.25) is 0 Å². The van der Waals surface area contributed by atoms with Crippen molar-refractivity contribution in [1.82, 2.24) is 19.4 Å². The van der Waals surface area contributed by atoms with Crippen LogP contribution in [-0.4, -0.2) is 32.4 Å². The van der Waals surface area contributed by atoms with Gasteiger partial charge in [0.1, 0.15) is 10.4 Å². The van der Waals surface area contributed by atoms with Crippen LogP contribution in [0, 0.1) is 3.95 Å². The Balaban J connectivity index is 1.52. The van der Waals surface area contributed by atoms with E-state index in [0.717, 1.165) is 17.0 Å². The first-order valence-electron chi connectivity index (χ1n) is 12.0. The van der Waals surface area contributed by atoms with Gasteiger partial charge in [-0.3, -0.25) is 18.7 Å². The van der Waals surface area contributed by atoms with Gasteiger partial charge in [-0.2, -0.15) is 0 Å². The zero-order valence-electron chi connectivity index (χ0n) is 20.5. The number of carbonyl (C=O) groups is 1. The monoisotopic (exact) mass is 560 g/mol. The summed E-state index contributed by atoms with van der Waals surface area (Å²) in [6, 6.07) is 26.5. The number of amides is 1. The molecule has 0 aliphatic rings. The van der Waals surface area contributed by atoms with Gasteiger partial charge in [0, 0.05) is 12.2 Å². The second kappa shape index (κ2) is 11.8. The number of carbonyl (C=O) groups excluding carboxylic acids is 1. The Labute approximate surface area is 232 Å². The molecule has 0 aliphatic carbocycles. The molecule has 0 saturated carbocycles. The van der Waals surface area contributed by atoms with Crippen LogP contribution in [0.3, 0.4) is 0 Å².